The molecule has 0 saturated carbocycles. The van der Waals surface area contributed by atoms with Crippen molar-refractivity contribution in [3.63, 3.8) is 0 Å². The topological polar surface area (TPSA) is 55.2 Å². The molecule has 20 heavy (non-hydrogen) atoms. The van der Waals surface area contributed by atoms with Crippen LogP contribution in [0.3, 0.4) is 0 Å². The zero-order chi connectivity index (χ0) is 14.5. The molecule has 0 aliphatic heterocycles. The van der Waals surface area contributed by atoms with E-state index in [-0.39, 0.29) is 5.69 Å². The van der Waals surface area contributed by atoms with E-state index in [0.29, 0.717) is 22.6 Å². The first kappa shape index (κ1) is 15.0. The van der Waals surface area contributed by atoms with E-state index in [2.05, 4.69) is 21.2 Å². The summed E-state index contributed by atoms with van der Waals surface area (Å²) in [7, 11) is 0. The Labute approximate surface area is 130 Å². The normalized spacial score (nSPS) is 10.5. The number of nitro groups is 1. The lowest BCUT2D eigenvalue weighted by Gasteiger charge is -2.06. The Bertz CT molecular complexity index is 617. The number of hydrogen-bond acceptors (Lipinski definition) is 3. The molecule has 4 nitrogen and oxygen atoms in total. The molecule has 6 heteroatoms. The summed E-state index contributed by atoms with van der Waals surface area (Å²) in [5.41, 5.74) is 2.06. The average Bonchev–Trinajstić information content (AvgIpc) is 2.42. The number of rotatable bonds is 5. The molecule has 2 aromatic rings. The molecule has 104 valence electrons. The molecular weight excluding hydrogens is 344 g/mol. The summed E-state index contributed by atoms with van der Waals surface area (Å²) >= 11 is 8.98. The van der Waals surface area contributed by atoms with Crippen molar-refractivity contribution in [2.24, 2.45) is 0 Å². The Morgan fingerprint density at radius 2 is 1.70 bits per heavy atom. The largest absolute Gasteiger partial charge is 0.309 e. The van der Waals surface area contributed by atoms with Crippen molar-refractivity contribution in [3.05, 3.63) is 73.2 Å². The number of nitrogens with one attached hydrogen (secondary N) is 1. The summed E-state index contributed by atoms with van der Waals surface area (Å²) in [6.45, 7) is 1.25. The van der Waals surface area contributed by atoms with E-state index < -0.39 is 4.92 Å². The first-order chi connectivity index (χ1) is 9.56. The predicted molar refractivity (Wildman–Crippen MR) is 82.8 cm³/mol. The second kappa shape index (κ2) is 6.83. The number of nitro benzene ring substituents is 1. The first-order valence-corrected chi connectivity index (χ1v) is 7.11. The van der Waals surface area contributed by atoms with Gasteiger partial charge in [0, 0.05) is 24.2 Å². The van der Waals surface area contributed by atoms with Crippen LogP contribution in [0.2, 0.25) is 5.02 Å². The highest BCUT2D eigenvalue weighted by atomic mass is 79.9. The van der Waals surface area contributed by atoms with E-state index >= 15 is 0 Å². The number of benzene rings is 2. The fourth-order valence-electron chi connectivity index (χ4n) is 1.76. The molecule has 0 saturated heterocycles. The van der Waals surface area contributed by atoms with Crippen molar-refractivity contribution in [2.45, 2.75) is 13.1 Å². The third kappa shape index (κ3) is 4.03. The molecular formula is C14H12BrClN2O2. The summed E-state index contributed by atoms with van der Waals surface area (Å²) < 4.78 is 0.490. The molecule has 0 heterocycles. The van der Waals surface area contributed by atoms with Crippen LogP contribution in [0.25, 0.3) is 0 Å². The van der Waals surface area contributed by atoms with Crippen LogP contribution in [0.5, 0.6) is 0 Å². The maximum atomic E-state index is 10.8. The Hall–Kier alpha value is -1.43. The van der Waals surface area contributed by atoms with Crippen LogP contribution in [0.15, 0.2) is 46.9 Å². The lowest BCUT2D eigenvalue weighted by Crippen LogP contribution is -2.12. The zero-order valence-corrected chi connectivity index (χ0v) is 12.8. The molecule has 1 N–H and O–H groups in total. The minimum atomic E-state index is -0.396. The molecule has 0 spiro atoms. The van der Waals surface area contributed by atoms with Crippen molar-refractivity contribution in [3.8, 4) is 0 Å². The van der Waals surface area contributed by atoms with E-state index in [1.54, 1.807) is 12.1 Å². The van der Waals surface area contributed by atoms with Crippen molar-refractivity contribution in [1.82, 2.24) is 5.32 Å². The highest BCUT2D eigenvalue weighted by molar-refractivity contribution is 9.10. The summed E-state index contributed by atoms with van der Waals surface area (Å²) in [5, 5.41) is 14.8. The monoisotopic (exact) mass is 354 g/mol. The quantitative estimate of drug-likeness (QED) is 0.642. The lowest BCUT2D eigenvalue weighted by atomic mass is 10.2. The van der Waals surface area contributed by atoms with Crippen LogP contribution in [0.4, 0.5) is 5.69 Å². The first-order valence-electron chi connectivity index (χ1n) is 5.94. The highest BCUT2D eigenvalue weighted by Crippen LogP contribution is 2.25. The van der Waals surface area contributed by atoms with Crippen molar-refractivity contribution >= 4 is 33.2 Å². The van der Waals surface area contributed by atoms with Crippen molar-refractivity contribution in [2.75, 3.05) is 0 Å². The second-order valence-electron chi connectivity index (χ2n) is 4.27. The van der Waals surface area contributed by atoms with E-state index in [9.17, 15) is 10.1 Å². The second-order valence-corrected chi connectivity index (χ2v) is 5.56. The predicted octanol–water partition coefficient (Wildman–Crippen LogP) is 4.30. The maximum Gasteiger partial charge on any atom is 0.283 e. The van der Waals surface area contributed by atoms with Crippen molar-refractivity contribution < 1.29 is 4.92 Å². The Kier molecular flexibility index (Phi) is 5.11. The van der Waals surface area contributed by atoms with Gasteiger partial charge in [-0.25, -0.2) is 0 Å². The fourth-order valence-corrected chi connectivity index (χ4v) is 2.28. The van der Waals surface area contributed by atoms with Gasteiger partial charge in [0.05, 0.1) is 9.40 Å². The standard InChI is InChI=1S/C14H12BrClN2O2/c15-13-6-3-11(7-14(13)18(19)20)9-17-8-10-1-4-12(16)5-2-10/h1-7,17H,8-9H2. The number of hydrogen-bond donors (Lipinski definition) is 1. The number of nitrogens with zero attached hydrogens (tertiary/aromatic N) is 1. The van der Waals surface area contributed by atoms with E-state index in [4.69, 9.17) is 11.6 Å². The SMILES string of the molecule is O=[N+]([O-])c1cc(CNCc2ccc(Cl)cc2)ccc1Br. The third-order valence-electron chi connectivity index (χ3n) is 2.78. The molecule has 0 aliphatic carbocycles. The van der Waals surface area contributed by atoms with Gasteiger partial charge < -0.3 is 5.32 Å². The highest BCUT2D eigenvalue weighted by Gasteiger charge is 2.11. The van der Waals surface area contributed by atoms with E-state index in [0.717, 1.165) is 11.1 Å². The summed E-state index contributed by atoms with van der Waals surface area (Å²) in [5.74, 6) is 0. The van der Waals surface area contributed by atoms with Crippen molar-refractivity contribution in [1.29, 1.82) is 0 Å². The lowest BCUT2D eigenvalue weighted by molar-refractivity contribution is -0.385. The minimum Gasteiger partial charge on any atom is -0.309 e. The summed E-state index contributed by atoms with van der Waals surface area (Å²) in [6.07, 6.45) is 0. The molecule has 0 fully saturated rings. The molecule has 0 aromatic heterocycles. The van der Waals surface area contributed by atoms with Gasteiger partial charge in [0.25, 0.3) is 5.69 Å². The molecule has 0 atom stereocenters. The molecule has 0 radical (unpaired) electrons. The molecule has 0 unspecified atom stereocenters. The smallest absolute Gasteiger partial charge is 0.283 e. The molecule has 0 amide bonds. The van der Waals surface area contributed by atoms with Gasteiger partial charge >= 0.3 is 0 Å². The zero-order valence-electron chi connectivity index (χ0n) is 10.5. The van der Waals surface area contributed by atoms with Gasteiger partial charge in [0.15, 0.2) is 0 Å². The summed E-state index contributed by atoms with van der Waals surface area (Å²) in [6, 6.07) is 12.7. The average molecular weight is 356 g/mol. The van der Waals surface area contributed by atoms with Crippen LogP contribution in [0.1, 0.15) is 11.1 Å². The van der Waals surface area contributed by atoms with E-state index in [1.807, 2.05) is 30.3 Å². The Morgan fingerprint density at radius 1 is 1.10 bits per heavy atom. The van der Waals surface area contributed by atoms with Gasteiger partial charge in [-0.15, -0.1) is 0 Å². The number of halogens is 2. The van der Waals surface area contributed by atoms with Gasteiger partial charge in [0.2, 0.25) is 0 Å². The Balaban J connectivity index is 1.96. The van der Waals surface area contributed by atoms with Gasteiger partial charge in [-0.3, -0.25) is 10.1 Å². The molecule has 2 aromatic carbocycles. The van der Waals surface area contributed by atoms with Crippen LogP contribution in [0, 0.1) is 10.1 Å². The molecule has 2 rings (SSSR count). The van der Waals surface area contributed by atoms with Crippen LogP contribution >= 0.6 is 27.5 Å². The van der Waals surface area contributed by atoms with E-state index in [1.165, 1.54) is 0 Å². The maximum absolute atomic E-state index is 10.8. The minimum absolute atomic E-state index is 0.0794. The van der Waals surface area contributed by atoms with Crippen LogP contribution in [-0.4, -0.2) is 4.92 Å². The Morgan fingerprint density at radius 3 is 2.35 bits per heavy atom. The van der Waals surface area contributed by atoms with Gasteiger partial charge in [-0.05, 0) is 45.3 Å². The molecule has 0 bridgehead atoms. The summed E-state index contributed by atoms with van der Waals surface area (Å²) in [4.78, 5) is 10.4. The van der Waals surface area contributed by atoms with Crippen LogP contribution < -0.4 is 5.32 Å². The van der Waals surface area contributed by atoms with Gasteiger partial charge in [0.1, 0.15) is 0 Å². The van der Waals surface area contributed by atoms with Gasteiger partial charge in [-0.1, -0.05) is 29.8 Å². The molecule has 0 aliphatic rings. The van der Waals surface area contributed by atoms with Crippen LogP contribution in [-0.2, 0) is 13.1 Å². The fraction of sp³-hybridized carbons (Fsp3) is 0.143. The third-order valence-corrected chi connectivity index (χ3v) is 3.70. The van der Waals surface area contributed by atoms with Gasteiger partial charge in [-0.2, -0.15) is 0 Å².